The molecule has 102 valence electrons. The standard InChI is InChI=1S/C14H16F2N2O/c1-4-9(2)18-8-12(19-3)17-14(18)13-10(15)6-5-7-11(13)16/h5-9H,4H2,1-3H3. The zero-order valence-electron chi connectivity index (χ0n) is 11.2. The Morgan fingerprint density at radius 1 is 1.32 bits per heavy atom. The summed E-state index contributed by atoms with van der Waals surface area (Å²) in [6, 6.07) is 3.86. The molecule has 0 spiro atoms. The summed E-state index contributed by atoms with van der Waals surface area (Å²) in [6.45, 7) is 3.96. The molecule has 2 rings (SSSR count). The number of rotatable bonds is 4. The van der Waals surface area contributed by atoms with Gasteiger partial charge in [-0.05, 0) is 25.5 Å². The average molecular weight is 266 g/mol. The molecule has 0 bridgehead atoms. The highest BCUT2D eigenvalue weighted by Crippen LogP contribution is 2.30. The van der Waals surface area contributed by atoms with Crippen molar-refractivity contribution in [2.45, 2.75) is 26.3 Å². The minimum atomic E-state index is -0.627. The van der Waals surface area contributed by atoms with Gasteiger partial charge in [0.1, 0.15) is 17.5 Å². The van der Waals surface area contributed by atoms with Gasteiger partial charge in [-0.1, -0.05) is 13.0 Å². The molecular formula is C14H16F2N2O. The molecule has 1 heterocycles. The Labute approximate surface area is 110 Å². The van der Waals surface area contributed by atoms with Crippen LogP contribution in [0.15, 0.2) is 24.4 Å². The minimum Gasteiger partial charge on any atom is -0.480 e. The number of hydrogen-bond donors (Lipinski definition) is 0. The molecule has 0 aliphatic rings. The molecule has 5 heteroatoms. The van der Waals surface area contributed by atoms with Gasteiger partial charge < -0.3 is 9.30 Å². The second kappa shape index (κ2) is 5.38. The van der Waals surface area contributed by atoms with Crippen LogP contribution in [0.5, 0.6) is 5.88 Å². The van der Waals surface area contributed by atoms with E-state index in [0.29, 0.717) is 5.88 Å². The van der Waals surface area contributed by atoms with Crippen molar-refractivity contribution in [1.82, 2.24) is 9.55 Å². The number of nitrogens with zero attached hydrogens (tertiary/aromatic N) is 2. The van der Waals surface area contributed by atoms with E-state index in [4.69, 9.17) is 4.74 Å². The van der Waals surface area contributed by atoms with Gasteiger partial charge in [0.2, 0.25) is 5.88 Å². The van der Waals surface area contributed by atoms with Crippen LogP contribution in [0.25, 0.3) is 11.4 Å². The first-order valence-corrected chi connectivity index (χ1v) is 6.15. The number of methoxy groups -OCH3 is 1. The molecule has 19 heavy (non-hydrogen) atoms. The third-order valence-corrected chi connectivity index (χ3v) is 3.17. The Kier molecular flexibility index (Phi) is 3.83. The van der Waals surface area contributed by atoms with E-state index < -0.39 is 11.6 Å². The van der Waals surface area contributed by atoms with E-state index in [2.05, 4.69) is 4.98 Å². The quantitative estimate of drug-likeness (QED) is 0.841. The lowest BCUT2D eigenvalue weighted by Crippen LogP contribution is -2.06. The van der Waals surface area contributed by atoms with E-state index >= 15 is 0 Å². The zero-order valence-corrected chi connectivity index (χ0v) is 11.2. The van der Waals surface area contributed by atoms with Crippen molar-refractivity contribution < 1.29 is 13.5 Å². The summed E-state index contributed by atoms with van der Waals surface area (Å²) < 4.78 is 34.5. The van der Waals surface area contributed by atoms with Gasteiger partial charge in [-0.25, -0.2) is 8.78 Å². The average Bonchev–Trinajstić information content (AvgIpc) is 2.81. The summed E-state index contributed by atoms with van der Waals surface area (Å²) in [4.78, 5) is 4.15. The Morgan fingerprint density at radius 3 is 2.47 bits per heavy atom. The van der Waals surface area contributed by atoms with Crippen molar-refractivity contribution in [1.29, 1.82) is 0 Å². The van der Waals surface area contributed by atoms with E-state index in [9.17, 15) is 8.78 Å². The molecule has 0 amide bonds. The van der Waals surface area contributed by atoms with Crippen LogP contribution in [0.3, 0.4) is 0 Å². The van der Waals surface area contributed by atoms with Crippen molar-refractivity contribution in [3.63, 3.8) is 0 Å². The molecule has 1 aromatic heterocycles. The third-order valence-electron chi connectivity index (χ3n) is 3.17. The first-order valence-electron chi connectivity index (χ1n) is 6.15. The van der Waals surface area contributed by atoms with Crippen LogP contribution in [0.2, 0.25) is 0 Å². The van der Waals surface area contributed by atoms with E-state index in [1.807, 2.05) is 13.8 Å². The molecule has 3 nitrogen and oxygen atoms in total. The van der Waals surface area contributed by atoms with Crippen LogP contribution in [-0.2, 0) is 0 Å². The van der Waals surface area contributed by atoms with Crippen LogP contribution >= 0.6 is 0 Å². The van der Waals surface area contributed by atoms with E-state index in [0.717, 1.165) is 6.42 Å². The summed E-state index contributed by atoms with van der Waals surface area (Å²) in [6.07, 6.45) is 2.48. The third kappa shape index (κ3) is 2.45. The van der Waals surface area contributed by atoms with Gasteiger partial charge in [0, 0.05) is 6.04 Å². The van der Waals surface area contributed by atoms with Crippen molar-refractivity contribution in [3.8, 4) is 17.3 Å². The molecule has 1 atom stereocenters. The lowest BCUT2D eigenvalue weighted by atomic mass is 10.1. The van der Waals surface area contributed by atoms with Crippen molar-refractivity contribution >= 4 is 0 Å². The van der Waals surface area contributed by atoms with Gasteiger partial charge in [0.05, 0.1) is 18.9 Å². The molecule has 0 radical (unpaired) electrons. The first kappa shape index (κ1) is 13.5. The number of imidazole rings is 1. The predicted octanol–water partition coefficient (Wildman–Crippen LogP) is 3.81. The maximum atomic E-state index is 13.9. The molecule has 0 fully saturated rings. The SMILES string of the molecule is CCC(C)n1cc(OC)nc1-c1c(F)cccc1F. The molecular weight excluding hydrogens is 250 g/mol. The normalized spacial score (nSPS) is 12.5. The summed E-state index contributed by atoms with van der Waals surface area (Å²) in [5.74, 6) is -0.657. The fourth-order valence-electron chi connectivity index (χ4n) is 1.90. The van der Waals surface area contributed by atoms with Crippen molar-refractivity contribution in [3.05, 3.63) is 36.0 Å². The monoisotopic (exact) mass is 266 g/mol. The lowest BCUT2D eigenvalue weighted by molar-refractivity contribution is 0.398. The molecule has 2 aromatic rings. The van der Waals surface area contributed by atoms with E-state index in [1.54, 1.807) is 10.8 Å². The van der Waals surface area contributed by atoms with Crippen molar-refractivity contribution in [2.24, 2.45) is 0 Å². The molecule has 1 unspecified atom stereocenters. The number of hydrogen-bond acceptors (Lipinski definition) is 2. The maximum absolute atomic E-state index is 13.9. The Morgan fingerprint density at radius 2 is 1.95 bits per heavy atom. The zero-order chi connectivity index (χ0) is 14.0. The first-order chi connectivity index (χ1) is 9.08. The number of aromatic nitrogens is 2. The topological polar surface area (TPSA) is 27.1 Å². The lowest BCUT2D eigenvalue weighted by Gasteiger charge is -2.14. The molecule has 0 aliphatic carbocycles. The smallest absolute Gasteiger partial charge is 0.231 e. The fourth-order valence-corrected chi connectivity index (χ4v) is 1.90. The van der Waals surface area contributed by atoms with Crippen LogP contribution in [0.1, 0.15) is 26.3 Å². The van der Waals surface area contributed by atoms with Crippen LogP contribution < -0.4 is 4.74 Å². The second-order valence-electron chi connectivity index (χ2n) is 4.37. The summed E-state index contributed by atoms with van der Waals surface area (Å²) in [5, 5.41) is 0. The number of benzene rings is 1. The van der Waals surface area contributed by atoms with Crippen LogP contribution in [-0.4, -0.2) is 16.7 Å². The molecule has 0 aliphatic heterocycles. The molecule has 0 saturated heterocycles. The molecule has 0 saturated carbocycles. The maximum Gasteiger partial charge on any atom is 0.231 e. The largest absolute Gasteiger partial charge is 0.480 e. The number of ether oxygens (including phenoxy) is 1. The van der Waals surface area contributed by atoms with Gasteiger partial charge in [-0.15, -0.1) is 0 Å². The highest BCUT2D eigenvalue weighted by molar-refractivity contribution is 5.58. The van der Waals surface area contributed by atoms with Gasteiger partial charge in [-0.3, -0.25) is 0 Å². The van der Waals surface area contributed by atoms with E-state index in [-0.39, 0.29) is 17.4 Å². The predicted molar refractivity (Wildman–Crippen MR) is 69.1 cm³/mol. The Balaban J connectivity index is 2.64. The minimum absolute atomic E-state index is 0.0745. The Hall–Kier alpha value is -1.91. The fraction of sp³-hybridized carbons (Fsp3) is 0.357. The molecule has 1 aromatic carbocycles. The van der Waals surface area contributed by atoms with Gasteiger partial charge >= 0.3 is 0 Å². The summed E-state index contributed by atoms with van der Waals surface area (Å²) in [7, 11) is 1.48. The number of halogens is 2. The van der Waals surface area contributed by atoms with Crippen LogP contribution in [0.4, 0.5) is 8.78 Å². The van der Waals surface area contributed by atoms with Gasteiger partial charge in [0.25, 0.3) is 0 Å². The van der Waals surface area contributed by atoms with Crippen LogP contribution in [0, 0.1) is 11.6 Å². The highest BCUT2D eigenvalue weighted by Gasteiger charge is 2.20. The Bertz CT molecular complexity index is 561. The summed E-state index contributed by atoms with van der Waals surface area (Å²) in [5.41, 5.74) is -0.119. The molecule has 0 N–H and O–H groups in total. The van der Waals surface area contributed by atoms with Crippen molar-refractivity contribution in [2.75, 3.05) is 7.11 Å². The second-order valence-corrected chi connectivity index (χ2v) is 4.37. The summed E-state index contributed by atoms with van der Waals surface area (Å²) >= 11 is 0. The van der Waals surface area contributed by atoms with Gasteiger partial charge in [-0.2, -0.15) is 4.98 Å². The van der Waals surface area contributed by atoms with E-state index in [1.165, 1.54) is 25.3 Å². The van der Waals surface area contributed by atoms with Gasteiger partial charge in [0.15, 0.2) is 0 Å². The highest BCUT2D eigenvalue weighted by atomic mass is 19.1.